The molecule has 158 valence electrons. The van der Waals surface area contributed by atoms with Gasteiger partial charge in [-0.15, -0.1) is 0 Å². The third-order valence-corrected chi connectivity index (χ3v) is 8.34. The molecule has 0 bridgehead atoms. The van der Waals surface area contributed by atoms with Crippen molar-refractivity contribution < 1.29 is 5.11 Å². The van der Waals surface area contributed by atoms with Crippen LogP contribution >= 0.6 is 0 Å². The molecule has 0 saturated heterocycles. The van der Waals surface area contributed by atoms with Gasteiger partial charge in [0, 0.05) is 0 Å². The van der Waals surface area contributed by atoms with E-state index in [2.05, 4.69) is 52.8 Å². The molecule has 0 aliphatic heterocycles. The van der Waals surface area contributed by atoms with Crippen LogP contribution in [0.15, 0.2) is 34.9 Å². The molecule has 1 saturated carbocycles. The van der Waals surface area contributed by atoms with E-state index in [4.69, 9.17) is 0 Å². The van der Waals surface area contributed by atoms with E-state index in [-0.39, 0.29) is 6.10 Å². The van der Waals surface area contributed by atoms with Crippen molar-refractivity contribution >= 4 is 0 Å². The zero-order valence-electron chi connectivity index (χ0n) is 19.1. The fourth-order valence-corrected chi connectivity index (χ4v) is 6.51. The van der Waals surface area contributed by atoms with Crippen molar-refractivity contribution in [3.63, 3.8) is 0 Å². The van der Waals surface area contributed by atoms with Crippen LogP contribution in [0.1, 0.15) is 98.8 Å². The van der Waals surface area contributed by atoms with E-state index in [0.29, 0.717) is 5.41 Å². The van der Waals surface area contributed by atoms with Gasteiger partial charge in [-0.3, -0.25) is 0 Å². The Morgan fingerprint density at radius 2 is 1.93 bits per heavy atom. The van der Waals surface area contributed by atoms with Crippen molar-refractivity contribution in [2.45, 2.75) is 105 Å². The Bertz CT molecular complexity index is 622. The molecule has 0 amide bonds. The molecule has 0 aromatic heterocycles. The molecule has 1 N–H and O–H groups in total. The van der Waals surface area contributed by atoms with Gasteiger partial charge in [0.25, 0.3) is 0 Å². The first kappa shape index (κ1) is 21.9. The van der Waals surface area contributed by atoms with Gasteiger partial charge in [0.05, 0.1) is 6.10 Å². The second-order valence-electron chi connectivity index (χ2n) is 10.8. The summed E-state index contributed by atoms with van der Waals surface area (Å²) in [6.45, 7) is 12.1. The average Bonchev–Trinajstić information content (AvgIpc) is 2.99. The number of aliphatic hydroxyl groups is 1. The minimum Gasteiger partial charge on any atom is -0.393 e. The van der Waals surface area contributed by atoms with Gasteiger partial charge in [0.1, 0.15) is 0 Å². The first-order chi connectivity index (χ1) is 13.3. The van der Waals surface area contributed by atoms with Gasteiger partial charge in [-0.05, 0) is 92.1 Å². The van der Waals surface area contributed by atoms with Crippen LogP contribution in [0.2, 0.25) is 0 Å². The van der Waals surface area contributed by atoms with Crippen molar-refractivity contribution in [3.8, 4) is 0 Å². The van der Waals surface area contributed by atoms with Gasteiger partial charge in [0.2, 0.25) is 0 Å². The lowest BCUT2D eigenvalue weighted by molar-refractivity contribution is 0.107. The summed E-state index contributed by atoms with van der Waals surface area (Å²) in [6.07, 6.45) is 19.5. The summed E-state index contributed by atoms with van der Waals surface area (Å²) in [5.74, 6) is 3.32. The Morgan fingerprint density at radius 3 is 2.68 bits per heavy atom. The van der Waals surface area contributed by atoms with Crippen LogP contribution in [0.25, 0.3) is 0 Å². The molecule has 3 aliphatic carbocycles. The Kier molecular flexibility index (Phi) is 7.29. The molecule has 0 spiro atoms. The predicted molar refractivity (Wildman–Crippen MR) is 121 cm³/mol. The van der Waals surface area contributed by atoms with Gasteiger partial charge >= 0.3 is 0 Å². The fourth-order valence-electron chi connectivity index (χ4n) is 6.51. The molecule has 0 aromatic carbocycles. The molecule has 1 fully saturated rings. The second kappa shape index (κ2) is 9.33. The highest BCUT2D eigenvalue weighted by molar-refractivity contribution is 5.36. The number of allylic oxidation sites excluding steroid dienone is 5. The molecule has 0 radical (unpaired) electrons. The number of hydrogen-bond donors (Lipinski definition) is 1. The second-order valence-corrected chi connectivity index (χ2v) is 10.8. The van der Waals surface area contributed by atoms with Crippen molar-refractivity contribution in [2.24, 2.45) is 29.1 Å². The summed E-state index contributed by atoms with van der Waals surface area (Å²) in [6, 6.07) is 0. The van der Waals surface area contributed by atoms with E-state index in [9.17, 15) is 5.11 Å². The number of hydrogen-bond acceptors (Lipinski definition) is 1. The molecule has 1 nitrogen and oxygen atoms in total. The van der Waals surface area contributed by atoms with Crippen LogP contribution in [0.5, 0.6) is 0 Å². The summed E-state index contributed by atoms with van der Waals surface area (Å²) in [5, 5.41) is 10.0. The Hall–Kier alpha value is -0.820. The lowest BCUT2D eigenvalue weighted by Gasteiger charge is -2.43. The van der Waals surface area contributed by atoms with Gasteiger partial charge in [0.15, 0.2) is 0 Å². The van der Waals surface area contributed by atoms with Crippen LogP contribution in [-0.2, 0) is 0 Å². The predicted octanol–water partition coefficient (Wildman–Crippen LogP) is 7.62. The summed E-state index contributed by atoms with van der Waals surface area (Å²) < 4.78 is 0. The molecule has 0 heterocycles. The maximum absolute atomic E-state index is 10.0. The summed E-state index contributed by atoms with van der Waals surface area (Å²) in [7, 11) is 0. The first-order valence-electron chi connectivity index (χ1n) is 12.1. The molecular weight excluding hydrogens is 340 g/mol. The standard InChI is InChI=1S/C27H44O/c1-19(2)8-6-9-21(4)25-15-16-26-22(10-7-17-27(25,26)5)12-13-23-18-24(28)14-11-20(23)3/h10,12-13,19,21,24-26,28H,6-9,11,14-18H2,1-5H3/b13-12-/t21?,24-,25?,26?,27?/m0/s1. The lowest BCUT2D eigenvalue weighted by Crippen LogP contribution is -2.35. The molecule has 28 heavy (non-hydrogen) atoms. The summed E-state index contributed by atoms with van der Waals surface area (Å²) >= 11 is 0. The number of rotatable bonds is 7. The summed E-state index contributed by atoms with van der Waals surface area (Å²) in [4.78, 5) is 0. The zero-order chi connectivity index (χ0) is 20.3. The van der Waals surface area contributed by atoms with Crippen LogP contribution in [0.3, 0.4) is 0 Å². The highest BCUT2D eigenvalue weighted by Gasteiger charge is 2.49. The summed E-state index contributed by atoms with van der Waals surface area (Å²) in [5.41, 5.74) is 4.93. The molecule has 5 atom stereocenters. The molecule has 1 heteroatoms. The van der Waals surface area contributed by atoms with Crippen LogP contribution in [0, 0.1) is 29.1 Å². The minimum absolute atomic E-state index is 0.142. The van der Waals surface area contributed by atoms with Crippen LogP contribution in [-0.4, -0.2) is 11.2 Å². The highest BCUT2D eigenvalue weighted by atomic mass is 16.3. The van der Waals surface area contributed by atoms with E-state index in [0.717, 1.165) is 42.9 Å². The van der Waals surface area contributed by atoms with Gasteiger partial charge < -0.3 is 5.11 Å². The van der Waals surface area contributed by atoms with E-state index in [1.54, 1.807) is 5.57 Å². The van der Waals surface area contributed by atoms with Crippen LogP contribution < -0.4 is 0 Å². The lowest BCUT2D eigenvalue weighted by atomic mass is 9.62. The molecular formula is C27H44O. The third kappa shape index (κ3) is 4.84. The highest BCUT2D eigenvalue weighted by Crippen LogP contribution is 2.58. The van der Waals surface area contributed by atoms with E-state index < -0.39 is 0 Å². The van der Waals surface area contributed by atoms with E-state index in [1.807, 2.05) is 0 Å². The van der Waals surface area contributed by atoms with E-state index in [1.165, 1.54) is 56.1 Å². The molecule has 3 aliphatic rings. The average molecular weight is 385 g/mol. The quantitative estimate of drug-likeness (QED) is 0.478. The van der Waals surface area contributed by atoms with E-state index >= 15 is 0 Å². The van der Waals surface area contributed by atoms with Crippen molar-refractivity contribution in [1.82, 2.24) is 0 Å². The smallest absolute Gasteiger partial charge is 0.0583 e. The first-order valence-corrected chi connectivity index (χ1v) is 12.1. The monoisotopic (exact) mass is 384 g/mol. The number of aliphatic hydroxyl groups excluding tert-OH is 1. The Balaban J connectivity index is 1.67. The minimum atomic E-state index is -0.142. The third-order valence-electron chi connectivity index (χ3n) is 8.34. The van der Waals surface area contributed by atoms with Crippen LogP contribution in [0.4, 0.5) is 0 Å². The molecule has 4 unspecified atom stereocenters. The SMILES string of the molecule is CC1=C(/C=C\C2=CCCC3(C)C2CCC3C(C)CCCC(C)C)C[C@@H](O)CC1. The molecule has 3 rings (SSSR count). The normalized spacial score (nSPS) is 34.8. The fraction of sp³-hybridized carbons (Fsp3) is 0.778. The van der Waals surface area contributed by atoms with Gasteiger partial charge in [-0.25, -0.2) is 0 Å². The Labute approximate surface area is 174 Å². The Morgan fingerprint density at radius 1 is 1.14 bits per heavy atom. The maximum atomic E-state index is 10.0. The topological polar surface area (TPSA) is 20.2 Å². The zero-order valence-corrected chi connectivity index (χ0v) is 19.1. The maximum Gasteiger partial charge on any atom is 0.0583 e. The van der Waals surface area contributed by atoms with Crippen molar-refractivity contribution in [3.05, 3.63) is 34.9 Å². The number of fused-ring (bicyclic) bond motifs is 1. The van der Waals surface area contributed by atoms with Crippen molar-refractivity contribution in [1.29, 1.82) is 0 Å². The van der Waals surface area contributed by atoms with Gasteiger partial charge in [-0.1, -0.05) is 70.8 Å². The van der Waals surface area contributed by atoms with Gasteiger partial charge in [-0.2, -0.15) is 0 Å². The molecule has 0 aromatic rings. The largest absolute Gasteiger partial charge is 0.393 e. The van der Waals surface area contributed by atoms with Crippen molar-refractivity contribution in [2.75, 3.05) is 0 Å².